The summed E-state index contributed by atoms with van der Waals surface area (Å²) in [6.07, 6.45) is -5.81. The molecule has 1 aliphatic carbocycles. The van der Waals surface area contributed by atoms with Gasteiger partial charge in [-0.2, -0.15) is 5.26 Å². The Morgan fingerprint density at radius 3 is 2.50 bits per heavy atom. The minimum absolute atomic E-state index is 0.120. The molecule has 8 nitrogen and oxygen atoms in total. The summed E-state index contributed by atoms with van der Waals surface area (Å²) in [7, 11) is -4.59. The molecule has 0 saturated heterocycles. The van der Waals surface area contributed by atoms with E-state index in [1.807, 2.05) is 0 Å². The molecule has 3 atom stereocenters. The van der Waals surface area contributed by atoms with Crippen molar-refractivity contribution in [2.45, 2.75) is 36.5 Å². The van der Waals surface area contributed by atoms with Crippen LogP contribution in [0.4, 0.5) is 13.2 Å². The van der Waals surface area contributed by atoms with Crippen molar-refractivity contribution in [3.05, 3.63) is 52.8 Å². The highest BCUT2D eigenvalue weighted by molar-refractivity contribution is 7.90. The minimum atomic E-state index is -4.59. The second kappa shape index (κ2) is 8.51. The Hall–Kier alpha value is -3.59. The van der Waals surface area contributed by atoms with E-state index in [0.717, 1.165) is 37.3 Å². The molecule has 3 rings (SSSR count). The first-order chi connectivity index (χ1) is 14.9. The van der Waals surface area contributed by atoms with Crippen LogP contribution >= 0.6 is 0 Å². The number of nitriles is 1. The Kier molecular flexibility index (Phi) is 6.13. The zero-order chi connectivity index (χ0) is 23.8. The molecular weight excluding hydrogens is 453 g/mol. The van der Waals surface area contributed by atoms with Gasteiger partial charge in [-0.1, -0.05) is 0 Å². The standard InChI is InChI=1S/C20H15F3N2O6S/c1-9(26)25-32(29,30)15-3-2-14(31-12-5-10(8-24)4-11(21)6-12)18-17(15)13(7-16(27)28)19(22)20(18)23/h2-6,13,19-20H,7H2,1H3,(H,25,26)(H,27,28)/t13-,19-,20-/m0/s1. The Bertz CT molecular complexity index is 1260. The van der Waals surface area contributed by atoms with Crippen molar-refractivity contribution >= 4 is 21.9 Å². The van der Waals surface area contributed by atoms with E-state index in [1.54, 1.807) is 10.8 Å². The normalized spacial score (nSPS) is 19.7. The van der Waals surface area contributed by atoms with Gasteiger partial charge in [-0.25, -0.2) is 26.3 Å². The van der Waals surface area contributed by atoms with Crippen molar-refractivity contribution in [1.82, 2.24) is 4.72 Å². The summed E-state index contributed by atoms with van der Waals surface area (Å²) in [5.41, 5.74) is -1.18. The van der Waals surface area contributed by atoms with E-state index in [0.29, 0.717) is 0 Å². The van der Waals surface area contributed by atoms with Gasteiger partial charge in [0.25, 0.3) is 10.0 Å². The van der Waals surface area contributed by atoms with Gasteiger partial charge >= 0.3 is 5.97 Å². The van der Waals surface area contributed by atoms with Crippen molar-refractivity contribution in [1.29, 1.82) is 5.26 Å². The summed E-state index contributed by atoms with van der Waals surface area (Å²) < 4.78 is 75.8. The van der Waals surface area contributed by atoms with Crippen LogP contribution in [0.25, 0.3) is 0 Å². The highest BCUT2D eigenvalue weighted by atomic mass is 32.2. The van der Waals surface area contributed by atoms with Gasteiger partial charge in [0.15, 0.2) is 6.17 Å². The molecule has 0 fully saturated rings. The summed E-state index contributed by atoms with van der Waals surface area (Å²) in [5, 5.41) is 18.1. The monoisotopic (exact) mass is 468 g/mol. The molecule has 0 bridgehead atoms. The zero-order valence-electron chi connectivity index (χ0n) is 16.3. The van der Waals surface area contributed by atoms with E-state index in [2.05, 4.69) is 0 Å². The number of aliphatic carboxylic acids is 1. The summed E-state index contributed by atoms with van der Waals surface area (Å²) in [6.45, 7) is 0.913. The number of rotatable bonds is 6. The van der Waals surface area contributed by atoms with Crippen LogP contribution in [0, 0.1) is 17.1 Å². The lowest BCUT2D eigenvalue weighted by atomic mass is 9.96. The number of nitrogens with zero attached hydrogens (tertiary/aromatic N) is 1. The van der Waals surface area contributed by atoms with Gasteiger partial charge in [0.1, 0.15) is 23.5 Å². The molecule has 12 heteroatoms. The first kappa shape index (κ1) is 23.1. The number of carbonyl (C=O) groups is 2. The number of alkyl halides is 2. The fourth-order valence-electron chi connectivity index (χ4n) is 3.57. The number of hydrogen-bond acceptors (Lipinski definition) is 6. The SMILES string of the molecule is CC(=O)NS(=O)(=O)c1ccc(Oc2cc(F)cc(C#N)c2)c2c1[C@H](CC(=O)O)[C@H](F)[C@H]2F. The highest BCUT2D eigenvalue weighted by Gasteiger charge is 2.47. The average molecular weight is 468 g/mol. The van der Waals surface area contributed by atoms with Crippen LogP contribution in [0.15, 0.2) is 35.2 Å². The van der Waals surface area contributed by atoms with E-state index < -0.39 is 68.4 Å². The number of amides is 1. The van der Waals surface area contributed by atoms with Gasteiger partial charge in [-0.3, -0.25) is 9.59 Å². The van der Waals surface area contributed by atoms with E-state index in [1.165, 1.54) is 0 Å². The largest absolute Gasteiger partial charge is 0.481 e. The fraction of sp³-hybridized carbons (Fsp3) is 0.250. The Morgan fingerprint density at radius 1 is 1.22 bits per heavy atom. The summed E-state index contributed by atoms with van der Waals surface area (Å²) >= 11 is 0. The smallest absolute Gasteiger partial charge is 0.304 e. The summed E-state index contributed by atoms with van der Waals surface area (Å²) in [5.74, 6) is -5.64. The van der Waals surface area contributed by atoms with E-state index in [9.17, 15) is 31.2 Å². The van der Waals surface area contributed by atoms with Gasteiger partial charge in [0.2, 0.25) is 5.91 Å². The van der Waals surface area contributed by atoms with Gasteiger partial charge in [-0.05, 0) is 29.8 Å². The Labute approximate surface area is 180 Å². The lowest BCUT2D eigenvalue weighted by molar-refractivity contribution is -0.138. The maximum atomic E-state index is 15.0. The second-order valence-electron chi connectivity index (χ2n) is 6.99. The average Bonchev–Trinajstić information content (AvgIpc) is 2.92. The fourth-order valence-corrected chi connectivity index (χ4v) is 4.86. The molecule has 1 amide bonds. The Balaban J connectivity index is 2.22. The van der Waals surface area contributed by atoms with Gasteiger partial charge in [0, 0.05) is 24.5 Å². The van der Waals surface area contributed by atoms with Crippen LogP contribution in [0.2, 0.25) is 0 Å². The lowest BCUT2D eigenvalue weighted by Crippen LogP contribution is -2.29. The van der Waals surface area contributed by atoms with Gasteiger partial charge in [-0.15, -0.1) is 0 Å². The van der Waals surface area contributed by atoms with Gasteiger partial charge < -0.3 is 9.84 Å². The molecule has 2 aromatic rings. The number of ether oxygens (including phenoxy) is 1. The molecule has 2 N–H and O–H groups in total. The topological polar surface area (TPSA) is 134 Å². The summed E-state index contributed by atoms with van der Waals surface area (Å²) in [4.78, 5) is 21.9. The first-order valence-electron chi connectivity index (χ1n) is 9.03. The van der Waals surface area contributed by atoms with E-state index in [-0.39, 0.29) is 17.1 Å². The third-order valence-electron chi connectivity index (χ3n) is 4.71. The van der Waals surface area contributed by atoms with Crippen molar-refractivity contribution < 1.29 is 41.0 Å². The summed E-state index contributed by atoms with van der Waals surface area (Å²) in [6, 6.07) is 6.50. The van der Waals surface area contributed by atoms with Crippen LogP contribution in [-0.4, -0.2) is 31.6 Å². The van der Waals surface area contributed by atoms with Crippen molar-refractivity contribution in [3.8, 4) is 17.6 Å². The van der Waals surface area contributed by atoms with Gasteiger partial charge in [0.05, 0.1) is 22.9 Å². The zero-order valence-corrected chi connectivity index (χ0v) is 17.1. The predicted octanol–water partition coefficient (Wildman–Crippen LogP) is 3.24. The molecule has 0 unspecified atom stereocenters. The predicted molar refractivity (Wildman–Crippen MR) is 102 cm³/mol. The van der Waals surface area contributed by atoms with Crippen LogP contribution in [0.3, 0.4) is 0 Å². The molecule has 0 aliphatic heterocycles. The number of sulfonamides is 1. The van der Waals surface area contributed by atoms with E-state index in [4.69, 9.17) is 15.1 Å². The number of halogens is 3. The van der Waals surface area contributed by atoms with Crippen molar-refractivity contribution in [3.63, 3.8) is 0 Å². The molecule has 1 aliphatic rings. The lowest BCUT2D eigenvalue weighted by Gasteiger charge is -2.17. The number of benzene rings is 2. The first-order valence-corrected chi connectivity index (χ1v) is 10.5. The quantitative estimate of drug-likeness (QED) is 0.665. The number of carboxylic acids is 1. The van der Waals surface area contributed by atoms with Crippen LogP contribution < -0.4 is 9.46 Å². The van der Waals surface area contributed by atoms with Crippen LogP contribution in [0.5, 0.6) is 11.5 Å². The highest BCUT2D eigenvalue weighted by Crippen LogP contribution is 2.53. The molecular formula is C20H15F3N2O6S. The Morgan fingerprint density at radius 2 is 1.91 bits per heavy atom. The van der Waals surface area contributed by atoms with Crippen LogP contribution in [0.1, 0.15) is 42.1 Å². The number of carboxylic acid groups (broad SMARTS) is 1. The van der Waals surface area contributed by atoms with Crippen molar-refractivity contribution in [2.24, 2.45) is 0 Å². The maximum Gasteiger partial charge on any atom is 0.304 e. The maximum absolute atomic E-state index is 15.0. The molecule has 32 heavy (non-hydrogen) atoms. The number of carbonyl (C=O) groups excluding carboxylic acids is 1. The number of hydrogen-bond donors (Lipinski definition) is 2. The molecule has 0 heterocycles. The van der Waals surface area contributed by atoms with Crippen molar-refractivity contribution in [2.75, 3.05) is 0 Å². The van der Waals surface area contributed by atoms with E-state index >= 15 is 0 Å². The minimum Gasteiger partial charge on any atom is -0.481 e. The molecule has 0 saturated carbocycles. The molecule has 0 spiro atoms. The molecule has 0 aromatic heterocycles. The second-order valence-corrected chi connectivity index (χ2v) is 8.64. The molecule has 168 valence electrons. The number of fused-ring (bicyclic) bond motifs is 1. The third-order valence-corrected chi connectivity index (χ3v) is 6.20. The molecule has 2 aromatic carbocycles. The third kappa shape index (κ3) is 4.38. The molecule has 0 radical (unpaired) electrons. The van der Waals surface area contributed by atoms with Crippen LogP contribution in [-0.2, 0) is 19.6 Å². The number of nitrogens with one attached hydrogen (secondary N) is 1.